The highest BCUT2D eigenvalue weighted by atomic mass is 35.5. The number of halogens is 1. The molecular formula is C21H25ClN4S. The van der Waals surface area contributed by atoms with Crippen molar-refractivity contribution in [2.24, 2.45) is 10.7 Å². The van der Waals surface area contributed by atoms with Crippen LogP contribution in [0.25, 0.3) is 0 Å². The van der Waals surface area contributed by atoms with Crippen molar-refractivity contribution in [3.05, 3.63) is 82.1 Å². The zero-order valence-corrected chi connectivity index (χ0v) is 17.0. The van der Waals surface area contributed by atoms with Gasteiger partial charge in [-0.2, -0.15) is 11.8 Å². The van der Waals surface area contributed by atoms with E-state index in [4.69, 9.17) is 17.3 Å². The molecule has 142 valence electrons. The first-order chi connectivity index (χ1) is 13.1. The van der Waals surface area contributed by atoms with E-state index in [1.165, 1.54) is 5.56 Å². The predicted molar refractivity (Wildman–Crippen MR) is 117 cm³/mol. The highest BCUT2D eigenvalue weighted by molar-refractivity contribution is 7.99. The van der Waals surface area contributed by atoms with Crippen LogP contribution in [0, 0.1) is 6.92 Å². The maximum absolute atomic E-state index is 6.25. The summed E-state index contributed by atoms with van der Waals surface area (Å²) in [5, 5.41) is 7.27. The maximum atomic E-state index is 6.25. The van der Waals surface area contributed by atoms with Crippen molar-refractivity contribution >= 4 is 29.3 Å². The van der Waals surface area contributed by atoms with E-state index in [-0.39, 0.29) is 6.04 Å². The summed E-state index contributed by atoms with van der Waals surface area (Å²) in [4.78, 5) is 4.50. The highest BCUT2D eigenvalue weighted by Crippen LogP contribution is 2.28. The van der Waals surface area contributed by atoms with E-state index < -0.39 is 0 Å². The number of hydrogen-bond donors (Lipinski definition) is 3. The molecule has 0 aliphatic carbocycles. The topological polar surface area (TPSA) is 62.4 Å². The molecule has 0 spiro atoms. The number of guanidine groups is 1. The summed E-state index contributed by atoms with van der Waals surface area (Å²) in [5.74, 6) is 3.47. The lowest BCUT2D eigenvalue weighted by Crippen LogP contribution is -2.40. The quantitative estimate of drug-likeness (QED) is 0.586. The van der Waals surface area contributed by atoms with Gasteiger partial charge in [-0.3, -0.25) is 0 Å². The summed E-state index contributed by atoms with van der Waals surface area (Å²) in [6.45, 7) is 2.88. The molecule has 0 bridgehead atoms. The fraction of sp³-hybridized carbons (Fsp3) is 0.286. The average molecular weight is 401 g/mol. The summed E-state index contributed by atoms with van der Waals surface area (Å²) in [5.41, 5.74) is 9.47. The second-order valence-corrected chi connectivity index (χ2v) is 8.03. The van der Waals surface area contributed by atoms with Crippen LogP contribution in [-0.4, -0.2) is 24.0 Å². The Bertz CT molecular complexity index is 820. The van der Waals surface area contributed by atoms with Crippen LogP contribution >= 0.6 is 23.4 Å². The van der Waals surface area contributed by atoms with Crippen LogP contribution in [0.15, 0.2) is 65.4 Å². The largest absolute Gasteiger partial charge is 0.371 e. The average Bonchev–Trinajstić information content (AvgIpc) is 2.67. The number of nitrogens with one attached hydrogen (secondary N) is 2. The number of thioether (sulfide) groups is 1. The van der Waals surface area contributed by atoms with E-state index in [1.54, 1.807) is 0 Å². The third-order valence-corrected chi connectivity index (χ3v) is 5.83. The molecule has 0 fully saturated rings. The fourth-order valence-corrected chi connectivity index (χ4v) is 3.97. The molecule has 4 nitrogen and oxygen atoms in total. The van der Waals surface area contributed by atoms with E-state index in [9.17, 15) is 0 Å². The number of benzene rings is 2. The van der Waals surface area contributed by atoms with Crippen molar-refractivity contribution in [2.75, 3.05) is 18.1 Å². The van der Waals surface area contributed by atoms with Gasteiger partial charge in [-0.1, -0.05) is 54.1 Å². The molecule has 0 saturated carbocycles. The zero-order chi connectivity index (χ0) is 19.1. The van der Waals surface area contributed by atoms with Crippen molar-refractivity contribution < 1.29 is 0 Å². The number of nitrogens with two attached hydrogens (primary N) is 1. The first-order valence-corrected chi connectivity index (χ1v) is 10.6. The molecule has 0 saturated heterocycles. The lowest BCUT2D eigenvalue weighted by atomic mass is 10.0. The number of nitrogens with zero attached hydrogens (tertiary/aromatic N) is 1. The van der Waals surface area contributed by atoms with Gasteiger partial charge in [0.2, 0.25) is 0 Å². The van der Waals surface area contributed by atoms with E-state index in [0.29, 0.717) is 5.96 Å². The van der Waals surface area contributed by atoms with Crippen LogP contribution in [0.4, 0.5) is 0 Å². The van der Waals surface area contributed by atoms with Crippen molar-refractivity contribution in [2.45, 2.75) is 19.4 Å². The van der Waals surface area contributed by atoms with Crippen LogP contribution in [0.5, 0.6) is 0 Å². The third-order valence-electron chi connectivity index (χ3n) is 4.43. The Labute approximate surface area is 170 Å². The van der Waals surface area contributed by atoms with Crippen molar-refractivity contribution in [3.8, 4) is 0 Å². The standard InChI is InChI=1S/C21H25ClN4S/c1-15-17(8-5-9-18(15)22)19-14-20(26-21(23)25-19)24-11-13-27-12-10-16-6-3-2-4-7-16/h2-9,14,19,24H,10-13H2,1H3,(H3,23,25,26). The lowest BCUT2D eigenvalue weighted by molar-refractivity contribution is 0.741. The predicted octanol–water partition coefficient (Wildman–Crippen LogP) is 4.01. The Kier molecular flexibility index (Phi) is 7.07. The van der Waals surface area contributed by atoms with Crippen LogP contribution in [0.2, 0.25) is 5.02 Å². The number of aliphatic imine (C=N–C) groups is 1. The smallest absolute Gasteiger partial charge is 0.195 e. The normalized spacial score (nSPS) is 16.3. The Balaban J connectivity index is 1.48. The number of rotatable bonds is 8. The molecule has 4 N–H and O–H groups in total. The molecule has 1 atom stereocenters. The first kappa shape index (κ1) is 19.6. The lowest BCUT2D eigenvalue weighted by Gasteiger charge is -2.22. The van der Waals surface area contributed by atoms with E-state index >= 15 is 0 Å². The highest BCUT2D eigenvalue weighted by Gasteiger charge is 2.17. The van der Waals surface area contributed by atoms with Gasteiger partial charge >= 0.3 is 0 Å². The summed E-state index contributed by atoms with van der Waals surface area (Å²) in [6.07, 6.45) is 3.16. The molecule has 1 heterocycles. The Morgan fingerprint density at radius 2 is 1.96 bits per heavy atom. The molecule has 2 aromatic rings. The summed E-state index contributed by atoms with van der Waals surface area (Å²) >= 11 is 8.19. The van der Waals surface area contributed by atoms with Crippen molar-refractivity contribution in [1.82, 2.24) is 10.6 Å². The van der Waals surface area contributed by atoms with E-state index in [2.05, 4.69) is 52.0 Å². The van der Waals surface area contributed by atoms with Crippen molar-refractivity contribution in [1.29, 1.82) is 0 Å². The summed E-state index contributed by atoms with van der Waals surface area (Å²) in [6, 6.07) is 16.3. The number of hydrogen-bond acceptors (Lipinski definition) is 5. The van der Waals surface area contributed by atoms with Gasteiger partial charge in [-0.25, -0.2) is 4.99 Å². The van der Waals surface area contributed by atoms with Crippen LogP contribution in [-0.2, 0) is 6.42 Å². The molecule has 3 rings (SSSR count). The minimum absolute atomic E-state index is 0.127. The van der Waals surface area contributed by atoms with Gasteiger partial charge in [0.05, 0.1) is 0 Å². The van der Waals surface area contributed by atoms with E-state index in [0.717, 1.165) is 46.4 Å². The second kappa shape index (κ2) is 9.72. The summed E-state index contributed by atoms with van der Waals surface area (Å²) in [7, 11) is 0. The van der Waals surface area contributed by atoms with Gasteiger partial charge < -0.3 is 16.4 Å². The van der Waals surface area contributed by atoms with E-state index in [1.807, 2.05) is 36.9 Å². The van der Waals surface area contributed by atoms with Gasteiger partial charge in [0.15, 0.2) is 5.96 Å². The monoisotopic (exact) mass is 400 g/mol. The molecular weight excluding hydrogens is 376 g/mol. The van der Waals surface area contributed by atoms with Crippen molar-refractivity contribution in [3.63, 3.8) is 0 Å². The molecule has 0 radical (unpaired) electrons. The maximum Gasteiger partial charge on any atom is 0.195 e. The molecule has 2 aromatic carbocycles. The van der Waals surface area contributed by atoms with Gasteiger partial charge in [-0.15, -0.1) is 0 Å². The molecule has 1 unspecified atom stereocenters. The zero-order valence-electron chi connectivity index (χ0n) is 15.4. The van der Waals surface area contributed by atoms with Crippen LogP contribution in [0.3, 0.4) is 0 Å². The number of aryl methyl sites for hydroxylation is 1. The Morgan fingerprint density at radius 1 is 1.15 bits per heavy atom. The molecule has 1 aliphatic rings. The minimum atomic E-state index is -0.127. The third kappa shape index (κ3) is 5.68. The molecule has 27 heavy (non-hydrogen) atoms. The van der Waals surface area contributed by atoms with Gasteiger partial charge in [0.25, 0.3) is 0 Å². The first-order valence-electron chi connectivity index (χ1n) is 9.06. The fourth-order valence-electron chi connectivity index (χ4n) is 2.96. The van der Waals surface area contributed by atoms with Gasteiger partial charge in [-0.05, 0) is 47.9 Å². The van der Waals surface area contributed by atoms with Gasteiger partial charge in [0, 0.05) is 17.3 Å². The summed E-state index contributed by atoms with van der Waals surface area (Å²) < 4.78 is 0. The molecule has 0 aromatic heterocycles. The van der Waals surface area contributed by atoms with Crippen LogP contribution in [0.1, 0.15) is 22.7 Å². The molecule has 6 heteroatoms. The Morgan fingerprint density at radius 3 is 2.78 bits per heavy atom. The minimum Gasteiger partial charge on any atom is -0.371 e. The molecule has 1 aliphatic heterocycles. The molecule has 0 amide bonds. The Hall–Kier alpha value is -2.11. The second-order valence-electron chi connectivity index (χ2n) is 6.39. The van der Waals surface area contributed by atoms with Crippen LogP contribution < -0.4 is 16.4 Å². The SMILES string of the molecule is Cc1c(Cl)cccc1C1C=C(NCCSCCc2ccccc2)NC(N)=N1. The van der Waals surface area contributed by atoms with Gasteiger partial charge in [0.1, 0.15) is 11.9 Å².